The molecule has 0 radical (unpaired) electrons. The average Bonchev–Trinajstić information content (AvgIpc) is 3.19. The van der Waals surface area contributed by atoms with Crippen molar-refractivity contribution in [3.63, 3.8) is 0 Å². The Morgan fingerprint density at radius 2 is 2.08 bits per heavy atom. The molecule has 2 saturated heterocycles. The number of H-pyrrole nitrogens is 1. The maximum atomic E-state index is 12.3. The van der Waals surface area contributed by atoms with Gasteiger partial charge in [-0.15, -0.1) is 0 Å². The Hall–Kier alpha value is -2.15. The zero-order valence-corrected chi connectivity index (χ0v) is 15.4. The first kappa shape index (κ1) is 17.3. The van der Waals surface area contributed by atoms with Crippen molar-refractivity contribution in [1.29, 1.82) is 0 Å². The molecule has 26 heavy (non-hydrogen) atoms. The van der Waals surface area contributed by atoms with Gasteiger partial charge in [-0.1, -0.05) is 6.42 Å². The van der Waals surface area contributed by atoms with Crippen molar-refractivity contribution in [2.45, 2.75) is 58.0 Å². The third-order valence-corrected chi connectivity index (χ3v) is 5.65. The molecular weight excluding hydrogens is 330 g/mol. The third-order valence-electron chi connectivity index (χ3n) is 5.65. The van der Waals surface area contributed by atoms with Crippen LogP contribution >= 0.6 is 0 Å². The van der Waals surface area contributed by atoms with Crippen molar-refractivity contribution in [2.24, 2.45) is 0 Å². The zero-order valence-electron chi connectivity index (χ0n) is 15.4. The number of aryl methyl sites for hydroxylation is 1. The predicted octanol–water partition coefficient (Wildman–Crippen LogP) is 1.70. The number of amides is 1. The van der Waals surface area contributed by atoms with Crippen LogP contribution in [0.25, 0.3) is 5.65 Å². The molecule has 1 atom stereocenters. The van der Waals surface area contributed by atoms with Crippen LogP contribution < -0.4 is 5.56 Å². The summed E-state index contributed by atoms with van der Waals surface area (Å²) in [5.74, 6) is 0.301. The summed E-state index contributed by atoms with van der Waals surface area (Å²) in [6, 6.07) is 4.00. The third kappa shape index (κ3) is 3.53. The fraction of sp³-hybridized carbons (Fsp3) is 0.632. The van der Waals surface area contributed by atoms with E-state index >= 15 is 0 Å². The normalized spacial score (nSPS) is 21.8. The van der Waals surface area contributed by atoms with E-state index in [9.17, 15) is 9.59 Å². The van der Waals surface area contributed by atoms with E-state index < -0.39 is 0 Å². The summed E-state index contributed by atoms with van der Waals surface area (Å²) in [5, 5.41) is 3.01. The molecule has 2 aromatic rings. The number of hydrogen-bond donors (Lipinski definition) is 1. The van der Waals surface area contributed by atoms with Crippen LogP contribution in [0.2, 0.25) is 0 Å². The van der Waals surface area contributed by atoms with E-state index in [1.807, 2.05) is 17.9 Å². The summed E-state index contributed by atoms with van der Waals surface area (Å²) in [5.41, 5.74) is 2.38. The Labute approximate surface area is 153 Å². The number of carbonyl (C=O) groups is 1. The molecule has 2 fully saturated rings. The second-order valence-electron chi connectivity index (χ2n) is 7.61. The number of hydrogen-bond acceptors (Lipinski definition) is 4. The van der Waals surface area contributed by atoms with Crippen molar-refractivity contribution in [3.05, 3.63) is 33.9 Å². The van der Waals surface area contributed by atoms with Crippen molar-refractivity contribution in [1.82, 2.24) is 24.4 Å². The molecule has 4 heterocycles. The van der Waals surface area contributed by atoms with Gasteiger partial charge in [0.1, 0.15) is 0 Å². The molecule has 4 rings (SSSR count). The fourth-order valence-corrected chi connectivity index (χ4v) is 4.29. The molecule has 0 spiro atoms. The molecule has 0 aliphatic carbocycles. The van der Waals surface area contributed by atoms with E-state index in [-0.39, 0.29) is 5.56 Å². The molecule has 1 N–H and O–H groups in total. The molecule has 7 nitrogen and oxygen atoms in total. The number of fused-ring (bicyclic) bond motifs is 1. The molecule has 140 valence electrons. The number of aromatic nitrogens is 3. The molecule has 7 heteroatoms. The van der Waals surface area contributed by atoms with Crippen molar-refractivity contribution in [2.75, 3.05) is 19.6 Å². The summed E-state index contributed by atoms with van der Waals surface area (Å²) in [6.07, 6.45) is 6.29. The van der Waals surface area contributed by atoms with E-state index in [2.05, 4.69) is 15.0 Å². The minimum Gasteiger partial charge on any atom is -0.343 e. The van der Waals surface area contributed by atoms with Gasteiger partial charge in [0.05, 0.1) is 5.69 Å². The van der Waals surface area contributed by atoms with Gasteiger partial charge in [-0.05, 0) is 39.2 Å². The zero-order chi connectivity index (χ0) is 18.1. The van der Waals surface area contributed by atoms with Crippen LogP contribution in [0.3, 0.4) is 0 Å². The number of nitrogens with zero attached hydrogens (tertiary/aromatic N) is 4. The van der Waals surface area contributed by atoms with Crippen LogP contribution in [0, 0.1) is 6.92 Å². The first-order chi connectivity index (χ1) is 12.6. The summed E-state index contributed by atoms with van der Waals surface area (Å²) >= 11 is 0. The Kier molecular flexibility index (Phi) is 4.80. The SMILES string of the molecule is Cc1cc2nc(CN3CCCC[C@@H]3CCN3CCCC3=O)cc(=O)n2[nH]1. The lowest BCUT2D eigenvalue weighted by Crippen LogP contribution is -2.41. The number of likely N-dealkylation sites (tertiary alicyclic amines) is 2. The van der Waals surface area contributed by atoms with Crippen molar-refractivity contribution in [3.8, 4) is 0 Å². The second-order valence-corrected chi connectivity index (χ2v) is 7.61. The lowest BCUT2D eigenvalue weighted by atomic mass is 9.99. The molecule has 0 unspecified atom stereocenters. The van der Waals surface area contributed by atoms with Crippen molar-refractivity contribution < 1.29 is 4.79 Å². The fourth-order valence-electron chi connectivity index (χ4n) is 4.29. The molecule has 2 aromatic heterocycles. The van der Waals surface area contributed by atoms with Crippen LogP contribution in [0.15, 0.2) is 16.9 Å². The quantitative estimate of drug-likeness (QED) is 0.884. The Morgan fingerprint density at radius 3 is 2.88 bits per heavy atom. The minimum atomic E-state index is -0.0608. The summed E-state index contributed by atoms with van der Waals surface area (Å²) in [7, 11) is 0. The average molecular weight is 357 g/mol. The Morgan fingerprint density at radius 1 is 1.19 bits per heavy atom. The predicted molar refractivity (Wildman–Crippen MR) is 99.0 cm³/mol. The maximum absolute atomic E-state index is 12.3. The molecule has 1 amide bonds. The van der Waals surface area contributed by atoms with Gasteiger partial charge in [-0.2, -0.15) is 0 Å². The lowest BCUT2D eigenvalue weighted by molar-refractivity contribution is -0.127. The van der Waals surface area contributed by atoms with E-state index in [1.165, 1.54) is 17.4 Å². The molecular formula is C19H27N5O2. The van der Waals surface area contributed by atoms with Gasteiger partial charge in [0.15, 0.2) is 5.65 Å². The molecule has 0 bridgehead atoms. The highest BCUT2D eigenvalue weighted by Gasteiger charge is 2.26. The first-order valence-corrected chi connectivity index (χ1v) is 9.70. The van der Waals surface area contributed by atoms with E-state index in [1.54, 1.807) is 6.07 Å². The molecule has 0 saturated carbocycles. The summed E-state index contributed by atoms with van der Waals surface area (Å²) < 4.78 is 1.49. The highest BCUT2D eigenvalue weighted by atomic mass is 16.2. The second kappa shape index (κ2) is 7.23. The highest BCUT2D eigenvalue weighted by Crippen LogP contribution is 2.23. The largest absolute Gasteiger partial charge is 0.343 e. The van der Waals surface area contributed by atoms with E-state index in [0.29, 0.717) is 30.6 Å². The van der Waals surface area contributed by atoms with Crippen LogP contribution in [0.5, 0.6) is 0 Å². The highest BCUT2D eigenvalue weighted by molar-refractivity contribution is 5.78. The van der Waals surface area contributed by atoms with Crippen LogP contribution in [0.4, 0.5) is 0 Å². The summed E-state index contributed by atoms with van der Waals surface area (Å²) in [4.78, 5) is 33.3. The molecule has 2 aliphatic rings. The Balaban J connectivity index is 1.46. The molecule has 0 aromatic carbocycles. The Bertz CT molecular complexity index is 855. The number of nitrogens with one attached hydrogen (secondary N) is 1. The number of piperidine rings is 1. The van der Waals surface area contributed by atoms with Crippen molar-refractivity contribution >= 4 is 11.6 Å². The van der Waals surface area contributed by atoms with E-state index in [4.69, 9.17) is 0 Å². The number of aromatic amines is 1. The van der Waals surface area contributed by atoms with Gasteiger partial charge in [0, 0.05) is 49.9 Å². The van der Waals surface area contributed by atoms with Crippen LogP contribution in [-0.4, -0.2) is 56.0 Å². The van der Waals surface area contributed by atoms with Gasteiger partial charge in [0.2, 0.25) is 5.91 Å². The van der Waals surface area contributed by atoms with Gasteiger partial charge < -0.3 is 4.90 Å². The monoisotopic (exact) mass is 357 g/mol. The number of rotatable bonds is 5. The van der Waals surface area contributed by atoms with Gasteiger partial charge >= 0.3 is 0 Å². The van der Waals surface area contributed by atoms with Gasteiger partial charge in [0.25, 0.3) is 5.56 Å². The maximum Gasteiger partial charge on any atom is 0.272 e. The summed E-state index contributed by atoms with van der Waals surface area (Å²) in [6.45, 7) is 5.42. The number of carbonyl (C=O) groups excluding carboxylic acids is 1. The minimum absolute atomic E-state index is 0.0608. The van der Waals surface area contributed by atoms with Gasteiger partial charge in [-0.3, -0.25) is 19.6 Å². The van der Waals surface area contributed by atoms with Gasteiger partial charge in [-0.25, -0.2) is 9.50 Å². The standard InChI is InChI=1S/C19H27N5O2/c1-14-11-17-20-15(12-19(26)24(17)21-14)13-23-8-3-2-5-16(23)7-10-22-9-4-6-18(22)25/h11-12,16,21H,2-10,13H2,1H3/t16-/m1/s1. The molecule has 2 aliphatic heterocycles. The van der Waals surface area contributed by atoms with Crippen LogP contribution in [-0.2, 0) is 11.3 Å². The topological polar surface area (TPSA) is 73.7 Å². The lowest BCUT2D eigenvalue weighted by Gasteiger charge is -2.36. The smallest absolute Gasteiger partial charge is 0.272 e. The van der Waals surface area contributed by atoms with Crippen LogP contribution in [0.1, 0.15) is 49.9 Å². The first-order valence-electron chi connectivity index (χ1n) is 9.70. The van der Waals surface area contributed by atoms with E-state index in [0.717, 1.165) is 50.3 Å².